The van der Waals surface area contributed by atoms with E-state index in [4.69, 9.17) is 6.42 Å². The molecule has 350 valence electrons. The van der Waals surface area contributed by atoms with Gasteiger partial charge >= 0.3 is 0 Å². The SMILES string of the molecule is C#C/C=c1\c(=C/C)c2cc3c(cc2c2ccccc12)-c1cc2c(cc1-c1cc4c5ccccc5c5ccccc5c4cc1-c1cc4c(cc1-3)c(/C=C\C)c(C=C)c1ccccc14)cc(/C=C\C=C/C)c1ccccc12. The van der Waals surface area contributed by atoms with Gasteiger partial charge in [0.25, 0.3) is 0 Å². The second-order valence-corrected chi connectivity index (χ2v) is 20.0. The highest BCUT2D eigenvalue weighted by Gasteiger charge is 2.28. The van der Waals surface area contributed by atoms with Gasteiger partial charge < -0.3 is 0 Å². The number of rotatable bonds is 4. The Bertz CT molecular complexity index is 4980. The molecule has 0 heterocycles. The first kappa shape index (κ1) is 44.2. The van der Waals surface area contributed by atoms with Gasteiger partial charge in [0.15, 0.2) is 0 Å². The average molecular weight is 951 g/mol. The summed E-state index contributed by atoms with van der Waals surface area (Å²) in [6.45, 7) is 10.7. The van der Waals surface area contributed by atoms with Crippen molar-refractivity contribution in [3.8, 4) is 56.9 Å². The predicted molar refractivity (Wildman–Crippen MR) is 331 cm³/mol. The lowest BCUT2D eigenvalue weighted by atomic mass is 9.76. The Morgan fingerprint density at radius 3 is 1.25 bits per heavy atom. The summed E-state index contributed by atoms with van der Waals surface area (Å²) in [4.78, 5) is 0. The van der Waals surface area contributed by atoms with Gasteiger partial charge in [-0.15, -0.1) is 6.42 Å². The standard InChI is InChI=1S/C75H50/c1-6-11-12-25-45-36-46-37-62-69(38-61(46)53-28-14-13-26-49(45)53)72-41-65-58-33-20-16-29-54(58)50(23-7-2)48(10-5)63(65)39-71(72)74-40-64-51(24-8-3)47(9-4)52-27-15-19-32-57(52)66(64)43-75(74)73-44-68-60-35-22-18-31-56(60)55-30-17-21-34-59(55)67(68)42-70(62)73/h2,6,8-44H,4H2,1,3,5H3/b11-6-,24-8-,25-12-,48-10+,50-23+,70-62?,72-69?,74-71?,75-73?. The maximum atomic E-state index is 6.17. The van der Waals surface area contributed by atoms with Crippen LogP contribution in [0.1, 0.15) is 37.5 Å². The summed E-state index contributed by atoms with van der Waals surface area (Å²) < 4.78 is 0. The molecule has 0 fully saturated rings. The molecular weight excluding hydrogens is 901 g/mol. The van der Waals surface area contributed by atoms with Gasteiger partial charge in [0.05, 0.1) is 0 Å². The van der Waals surface area contributed by atoms with Gasteiger partial charge in [-0.05, 0) is 250 Å². The van der Waals surface area contributed by atoms with E-state index < -0.39 is 0 Å². The third-order valence-corrected chi connectivity index (χ3v) is 16.2. The molecule has 0 atom stereocenters. The molecule has 0 unspecified atom stereocenters. The monoisotopic (exact) mass is 950 g/mol. The summed E-state index contributed by atoms with van der Waals surface area (Å²) in [6.07, 6.45) is 25.4. The predicted octanol–water partition coefficient (Wildman–Crippen LogP) is 19.5. The van der Waals surface area contributed by atoms with Gasteiger partial charge in [-0.3, -0.25) is 0 Å². The van der Waals surface area contributed by atoms with Crippen LogP contribution in [0.5, 0.6) is 0 Å². The molecule has 1 aliphatic carbocycles. The van der Waals surface area contributed by atoms with E-state index in [9.17, 15) is 0 Å². The number of terminal acetylenes is 1. The minimum atomic E-state index is 1.07. The average Bonchev–Trinajstić information content (AvgIpc) is 3.49. The fourth-order valence-corrected chi connectivity index (χ4v) is 13.0. The third-order valence-electron chi connectivity index (χ3n) is 16.2. The minimum absolute atomic E-state index is 1.07. The molecule has 0 spiro atoms. The molecule has 13 aromatic rings. The first-order chi connectivity index (χ1) is 37.0. The van der Waals surface area contributed by atoms with E-state index in [1.54, 1.807) is 0 Å². The van der Waals surface area contributed by atoms with Crippen molar-refractivity contribution in [1.29, 1.82) is 0 Å². The van der Waals surface area contributed by atoms with Crippen molar-refractivity contribution in [3.63, 3.8) is 0 Å². The smallest absolute Gasteiger partial charge is 0.00188 e. The molecule has 1 aliphatic rings. The van der Waals surface area contributed by atoms with Crippen molar-refractivity contribution in [2.24, 2.45) is 0 Å². The fraction of sp³-hybridized carbons (Fsp3) is 0.0400. The zero-order chi connectivity index (χ0) is 50.5. The van der Waals surface area contributed by atoms with E-state index in [0.29, 0.717) is 0 Å². The molecule has 0 aliphatic heterocycles. The van der Waals surface area contributed by atoms with Crippen molar-refractivity contribution in [2.75, 3.05) is 0 Å². The highest BCUT2D eigenvalue weighted by Crippen LogP contribution is 2.54. The van der Waals surface area contributed by atoms with Crippen LogP contribution in [0.25, 0.3) is 172 Å². The summed E-state index contributed by atoms with van der Waals surface area (Å²) in [7, 11) is 0. The lowest BCUT2D eigenvalue weighted by molar-refractivity contribution is 1.56. The number of hydrogen-bond acceptors (Lipinski definition) is 0. The molecule has 0 saturated carbocycles. The molecule has 0 radical (unpaired) electrons. The summed E-state index contributed by atoms with van der Waals surface area (Å²) in [5.41, 5.74) is 13.0. The van der Waals surface area contributed by atoms with Crippen LogP contribution in [0.2, 0.25) is 0 Å². The summed E-state index contributed by atoms with van der Waals surface area (Å²) in [6, 6.07) is 67.0. The number of allylic oxidation sites excluding steroid dienone is 4. The van der Waals surface area contributed by atoms with Crippen LogP contribution in [0.4, 0.5) is 0 Å². The van der Waals surface area contributed by atoms with Crippen molar-refractivity contribution >= 4 is 127 Å². The molecule has 75 heavy (non-hydrogen) atoms. The van der Waals surface area contributed by atoms with Crippen LogP contribution >= 0.6 is 0 Å². The van der Waals surface area contributed by atoms with Crippen LogP contribution in [-0.2, 0) is 0 Å². The van der Waals surface area contributed by atoms with Crippen LogP contribution in [0.15, 0.2) is 207 Å². The molecule has 0 bridgehead atoms. The molecule has 0 aromatic heterocycles. The Hall–Kier alpha value is -9.54. The summed E-state index contributed by atoms with van der Waals surface area (Å²) in [5.74, 6) is 2.92. The van der Waals surface area contributed by atoms with Crippen LogP contribution in [0.3, 0.4) is 0 Å². The van der Waals surface area contributed by atoms with Crippen LogP contribution in [-0.4, -0.2) is 0 Å². The van der Waals surface area contributed by atoms with Gasteiger partial charge in [0.2, 0.25) is 0 Å². The van der Waals surface area contributed by atoms with E-state index >= 15 is 0 Å². The van der Waals surface area contributed by atoms with E-state index in [1.807, 2.05) is 12.2 Å². The first-order valence-corrected chi connectivity index (χ1v) is 26.1. The molecular formula is C75H50. The number of hydrogen-bond donors (Lipinski definition) is 0. The zero-order valence-corrected chi connectivity index (χ0v) is 42.2. The van der Waals surface area contributed by atoms with Crippen LogP contribution in [0, 0.1) is 12.3 Å². The highest BCUT2D eigenvalue weighted by molar-refractivity contribution is 6.29. The Kier molecular flexibility index (Phi) is 10.2. The van der Waals surface area contributed by atoms with Gasteiger partial charge in [-0.1, -0.05) is 182 Å². The molecule has 0 amide bonds. The minimum Gasteiger partial charge on any atom is -0.115 e. The second kappa shape index (κ2) is 17.3. The molecule has 0 nitrogen and oxygen atoms in total. The molecule has 0 N–H and O–H groups in total. The first-order valence-electron chi connectivity index (χ1n) is 26.1. The Morgan fingerprint density at radius 2 is 0.747 bits per heavy atom. The molecule has 13 aromatic carbocycles. The number of benzene rings is 13. The lowest BCUT2D eigenvalue weighted by Crippen LogP contribution is -2.26. The zero-order valence-electron chi connectivity index (χ0n) is 42.2. The van der Waals surface area contributed by atoms with Crippen LogP contribution < -0.4 is 10.4 Å². The Balaban J connectivity index is 1.27. The molecule has 0 heteroatoms. The summed E-state index contributed by atoms with van der Waals surface area (Å²) >= 11 is 0. The topological polar surface area (TPSA) is 0 Å². The van der Waals surface area contributed by atoms with Gasteiger partial charge in [0.1, 0.15) is 0 Å². The normalized spacial score (nSPS) is 13.0. The van der Waals surface area contributed by atoms with E-state index in [-0.39, 0.29) is 0 Å². The largest absolute Gasteiger partial charge is 0.115 e. The van der Waals surface area contributed by atoms with Gasteiger partial charge in [0, 0.05) is 0 Å². The Labute approximate surface area is 436 Å². The van der Waals surface area contributed by atoms with Crippen molar-refractivity contribution < 1.29 is 0 Å². The molecule has 0 saturated heterocycles. The maximum Gasteiger partial charge on any atom is -0.00188 e. The second-order valence-electron chi connectivity index (χ2n) is 20.0. The highest BCUT2D eigenvalue weighted by atomic mass is 14.3. The van der Waals surface area contributed by atoms with E-state index in [2.05, 4.69) is 252 Å². The van der Waals surface area contributed by atoms with Gasteiger partial charge in [-0.25, -0.2) is 0 Å². The fourth-order valence-electron chi connectivity index (χ4n) is 13.0. The van der Waals surface area contributed by atoms with E-state index in [1.165, 1.54) is 147 Å². The Morgan fingerprint density at radius 1 is 0.347 bits per heavy atom. The third kappa shape index (κ3) is 6.52. The van der Waals surface area contributed by atoms with E-state index in [0.717, 1.165) is 21.4 Å². The summed E-state index contributed by atoms with van der Waals surface area (Å²) in [5, 5.41) is 24.1. The van der Waals surface area contributed by atoms with Crippen molar-refractivity contribution in [2.45, 2.75) is 20.8 Å². The lowest BCUT2D eigenvalue weighted by Gasteiger charge is -2.27. The molecule has 14 rings (SSSR count). The van der Waals surface area contributed by atoms with Gasteiger partial charge in [-0.2, -0.15) is 0 Å². The number of fused-ring (bicyclic) bond motifs is 23. The van der Waals surface area contributed by atoms with Crippen molar-refractivity contribution in [3.05, 3.63) is 234 Å². The quantitative estimate of drug-likeness (QED) is 0.0937. The maximum absolute atomic E-state index is 6.17. The van der Waals surface area contributed by atoms with Crippen molar-refractivity contribution in [1.82, 2.24) is 0 Å².